The predicted molar refractivity (Wildman–Crippen MR) is 72.9 cm³/mol. The molecule has 4 heteroatoms. The van der Waals surface area contributed by atoms with Crippen molar-refractivity contribution in [3.63, 3.8) is 0 Å². The Balaban J connectivity index is 2.12. The van der Waals surface area contributed by atoms with Crippen molar-refractivity contribution in [1.29, 1.82) is 0 Å². The maximum Gasteiger partial charge on any atom is 0.0797 e. The van der Waals surface area contributed by atoms with Gasteiger partial charge >= 0.3 is 0 Å². The Morgan fingerprint density at radius 3 is 2.53 bits per heavy atom. The van der Waals surface area contributed by atoms with Crippen molar-refractivity contribution in [2.75, 3.05) is 7.05 Å². The fraction of sp³-hybridized carbons (Fsp3) is 0.308. The van der Waals surface area contributed by atoms with Crippen LogP contribution >= 0.6 is 15.9 Å². The monoisotopic (exact) mass is 293 g/mol. The number of rotatable bonds is 4. The van der Waals surface area contributed by atoms with Gasteiger partial charge in [-0.05, 0) is 37.2 Å². The summed E-state index contributed by atoms with van der Waals surface area (Å²) in [6, 6.07) is 10.7. The minimum Gasteiger partial charge on any atom is -0.311 e. The molecule has 90 valence electrons. The quantitative estimate of drug-likeness (QED) is 0.939. The van der Waals surface area contributed by atoms with Gasteiger partial charge in [0.05, 0.1) is 11.7 Å². The van der Waals surface area contributed by atoms with Crippen molar-refractivity contribution < 1.29 is 0 Å². The Labute approximate surface area is 110 Å². The fourth-order valence-corrected chi connectivity index (χ4v) is 2.09. The van der Waals surface area contributed by atoms with Crippen LogP contribution in [-0.4, -0.2) is 16.8 Å². The van der Waals surface area contributed by atoms with Crippen molar-refractivity contribution >= 4 is 15.9 Å². The average Bonchev–Trinajstić information content (AvgIpc) is 2.75. The molecule has 1 N–H and O–H groups in total. The molecule has 2 rings (SSSR count). The van der Waals surface area contributed by atoms with E-state index in [2.05, 4.69) is 56.7 Å². The van der Waals surface area contributed by atoms with Crippen molar-refractivity contribution in [2.24, 2.45) is 7.05 Å². The molecule has 1 atom stereocenters. The average molecular weight is 294 g/mol. The molecule has 0 aliphatic carbocycles. The van der Waals surface area contributed by atoms with Crippen LogP contribution in [0.4, 0.5) is 0 Å². The molecule has 0 amide bonds. The van der Waals surface area contributed by atoms with E-state index in [0.29, 0.717) is 0 Å². The van der Waals surface area contributed by atoms with E-state index in [9.17, 15) is 0 Å². The van der Waals surface area contributed by atoms with E-state index in [0.717, 1.165) is 16.6 Å². The molecule has 0 saturated carbocycles. The zero-order valence-electron chi connectivity index (χ0n) is 10.0. The molecule has 1 unspecified atom stereocenters. The lowest BCUT2D eigenvalue weighted by Gasteiger charge is -2.13. The SMILES string of the molecule is CNC(Cc1ccc(Br)cc1)c1ccn(C)n1. The van der Waals surface area contributed by atoms with Crippen LogP contribution in [0, 0.1) is 0 Å². The molecule has 1 aromatic heterocycles. The van der Waals surface area contributed by atoms with E-state index < -0.39 is 0 Å². The molecule has 0 bridgehead atoms. The van der Waals surface area contributed by atoms with Gasteiger partial charge in [-0.1, -0.05) is 28.1 Å². The Kier molecular flexibility index (Phi) is 3.97. The molecule has 1 aromatic carbocycles. The van der Waals surface area contributed by atoms with Crippen LogP contribution < -0.4 is 5.32 Å². The molecule has 0 saturated heterocycles. The van der Waals surface area contributed by atoms with Crippen LogP contribution in [-0.2, 0) is 13.5 Å². The van der Waals surface area contributed by atoms with Gasteiger partial charge < -0.3 is 5.32 Å². The molecule has 2 aromatic rings. The zero-order chi connectivity index (χ0) is 12.3. The molecule has 17 heavy (non-hydrogen) atoms. The van der Waals surface area contributed by atoms with Crippen molar-refractivity contribution in [3.05, 3.63) is 52.3 Å². The summed E-state index contributed by atoms with van der Waals surface area (Å²) in [6.45, 7) is 0. The predicted octanol–water partition coefficient (Wildman–Crippen LogP) is 2.69. The van der Waals surface area contributed by atoms with Gasteiger partial charge in [-0.15, -0.1) is 0 Å². The highest BCUT2D eigenvalue weighted by atomic mass is 79.9. The lowest BCUT2D eigenvalue weighted by Crippen LogP contribution is -2.19. The van der Waals surface area contributed by atoms with Crippen molar-refractivity contribution in [1.82, 2.24) is 15.1 Å². The first-order valence-corrected chi connectivity index (χ1v) is 6.39. The van der Waals surface area contributed by atoms with Crippen LogP contribution in [0.25, 0.3) is 0 Å². The highest BCUT2D eigenvalue weighted by Gasteiger charge is 2.12. The van der Waals surface area contributed by atoms with E-state index in [1.807, 2.05) is 25.0 Å². The minimum atomic E-state index is 0.261. The third-order valence-electron chi connectivity index (χ3n) is 2.79. The summed E-state index contributed by atoms with van der Waals surface area (Å²) in [6.07, 6.45) is 2.92. The summed E-state index contributed by atoms with van der Waals surface area (Å²) in [7, 11) is 3.91. The maximum atomic E-state index is 4.44. The van der Waals surface area contributed by atoms with Crippen LogP contribution in [0.2, 0.25) is 0 Å². The Morgan fingerprint density at radius 1 is 1.29 bits per heavy atom. The first-order valence-electron chi connectivity index (χ1n) is 5.60. The molecule has 0 spiro atoms. The molecule has 0 fully saturated rings. The second-order valence-electron chi connectivity index (χ2n) is 4.09. The Hall–Kier alpha value is -1.13. The largest absolute Gasteiger partial charge is 0.311 e. The van der Waals surface area contributed by atoms with Crippen LogP contribution in [0.1, 0.15) is 17.3 Å². The smallest absolute Gasteiger partial charge is 0.0797 e. The topological polar surface area (TPSA) is 29.9 Å². The third-order valence-corrected chi connectivity index (χ3v) is 3.32. The summed E-state index contributed by atoms with van der Waals surface area (Å²) in [5.74, 6) is 0. The number of aromatic nitrogens is 2. The molecule has 1 heterocycles. The highest BCUT2D eigenvalue weighted by molar-refractivity contribution is 9.10. The molecule has 0 aliphatic rings. The van der Waals surface area contributed by atoms with Gasteiger partial charge in [0.1, 0.15) is 0 Å². The van der Waals surface area contributed by atoms with Crippen molar-refractivity contribution in [2.45, 2.75) is 12.5 Å². The number of hydrogen-bond donors (Lipinski definition) is 1. The Morgan fingerprint density at radius 2 is 2.00 bits per heavy atom. The van der Waals surface area contributed by atoms with Crippen molar-refractivity contribution in [3.8, 4) is 0 Å². The lowest BCUT2D eigenvalue weighted by molar-refractivity contribution is 0.563. The third kappa shape index (κ3) is 3.17. The number of hydrogen-bond acceptors (Lipinski definition) is 2. The van der Waals surface area contributed by atoms with E-state index >= 15 is 0 Å². The van der Waals surface area contributed by atoms with Gasteiger partial charge in [0, 0.05) is 17.7 Å². The molecule has 3 nitrogen and oxygen atoms in total. The zero-order valence-corrected chi connectivity index (χ0v) is 11.6. The summed E-state index contributed by atoms with van der Waals surface area (Å²) >= 11 is 3.45. The summed E-state index contributed by atoms with van der Waals surface area (Å²) in [5, 5.41) is 7.75. The van der Waals surface area contributed by atoms with Gasteiger partial charge in [0.25, 0.3) is 0 Å². The number of benzene rings is 1. The number of aryl methyl sites for hydroxylation is 1. The van der Waals surface area contributed by atoms with Crippen LogP contribution in [0.3, 0.4) is 0 Å². The number of halogens is 1. The summed E-state index contributed by atoms with van der Waals surface area (Å²) < 4.78 is 2.95. The first-order chi connectivity index (χ1) is 8.19. The van der Waals surface area contributed by atoms with Gasteiger partial charge in [0.15, 0.2) is 0 Å². The van der Waals surface area contributed by atoms with Gasteiger partial charge in [-0.2, -0.15) is 5.10 Å². The van der Waals surface area contributed by atoms with E-state index in [-0.39, 0.29) is 6.04 Å². The minimum absolute atomic E-state index is 0.261. The van der Waals surface area contributed by atoms with Gasteiger partial charge in [0.2, 0.25) is 0 Å². The maximum absolute atomic E-state index is 4.44. The molecular formula is C13H16BrN3. The number of nitrogens with one attached hydrogen (secondary N) is 1. The standard InChI is InChI=1S/C13H16BrN3/c1-15-13(12-7-8-17(2)16-12)9-10-3-5-11(14)6-4-10/h3-8,13,15H,9H2,1-2H3. The summed E-state index contributed by atoms with van der Waals surface area (Å²) in [5.41, 5.74) is 2.39. The lowest BCUT2D eigenvalue weighted by atomic mass is 10.0. The molecular weight excluding hydrogens is 278 g/mol. The Bertz CT molecular complexity index is 476. The van der Waals surface area contributed by atoms with Gasteiger partial charge in [-0.25, -0.2) is 0 Å². The fourth-order valence-electron chi connectivity index (χ4n) is 1.83. The molecule has 0 radical (unpaired) electrons. The van der Waals surface area contributed by atoms with Gasteiger partial charge in [-0.3, -0.25) is 4.68 Å². The highest BCUT2D eigenvalue weighted by Crippen LogP contribution is 2.18. The van der Waals surface area contributed by atoms with E-state index in [4.69, 9.17) is 0 Å². The second-order valence-corrected chi connectivity index (χ2v) is 5.00. The number of likely N-dealkylation sites (N-methyl/N-ethyl adjacent to an activating group) is 1. The van der Waals surface area contributed by atoms with E-state index in [1.165, 1.54) is 5.56 Å². The number of nitrogens with zero attached hydrogens (tertiary/aromatic N) is 2. The summed E-state index contributed by atoms with van der Waals surface area (Å²) in [4.78, 5) is 0. The molecule has 0 aliphatic heterocycles. The first kappa shape index (κ1) is 12.3. The normalized spacial score (nSPS) is 12.6. The van der Waals surface area contributed by atoms with Crippen LogP contribution in [0.5, 0.6) is 0 Å². The van der Waals surface area contributed by atoms with E-state index in [1.54, 1.807) is 0 Å². The van der Waals surface area contributed by atoms with Crippen LogP contribution in [0.15, 0.2) is 41.0 Å². The second kappa shape index (κ2) is 5.47.